The van der Waals surface area contributed by atoms with Gasteiger partial charge in [-0.25, -0.2) is 4.79 Å². The highest BCUT2D eigenvalue weighted by Gasteiger charge is 2.15. The van der Waals surface area contributed by atoms with Crippen molar-refractivity contribution in [3.05, 3.63) is 35.4 Å². The van der Waals surface area contributed by atoms with E-state index in [1.807, 2.05) is 0 Å². The summed E-state index contributed by atoms with van der Waals surface area (Å²) < 4.78 is 5.18. The molecule has 0 atom stereocenters. The number of carbonyl (C=O) groups excluding carboxylic acids is 2. The van der Waals surface area contributed by atoms with Crippen LogP contribution in [0.2, 0.25) is 0 Å². The molecule has 0 saturated heterocycles. The van der Waals surface area contributed by atoms with Gasteiger partial charge in [0.05, 0.1) is 17.7 Å². The number of nitrogens with two attached hydrogens (primary N) is 1. The molecule has 4 nitrogen and oxygen atoms in total. The zero-order valence-electron chi connectivity index (χ0n) is 12.1. The van der Waals surface area contributed by atoms with Crippen LogP contribution in [0.1, 0.15) is 66.2 Å². The number of ether oxygens (including phenoxy) is 1. The summed E-state index contributed by atoms with van der Waals surface area (Å²) in [4.78, 5) is 23.1. The molecule has 20 heavy (non-hydrogen) atoms. The molecule has 2 N–H and O–H groups in total. The molecule has 0 unspecified atom stereocenters. The maximum absolute atomic E-state index is 11.9. The Bertz CT molecular complexity index is 443. The quantitative estimate of drug-likeness (QED) is 0.556. The Balaban J connectivity index is 2.35. The van der Waals surface area contributed by atoms with Crippen LogP contribution in [-0.4, -0.2) is 18.5 Å². The van der Waals surface area contributed by atoms with E-state index in [1.165, 1.54) is 31.7 Å². The SMILES string of the molecule is CCCCCCCCOC(=O)c1ccccc1C(N)=O. The molecule has 1 amide bonds. The monoisotopic (exact) mass is 277 g/mol. The van der Waals surface area contributed by atoms with Crippen LogP contribution >= 0.6 is 0 Å². The molecule has 110 valence electrons. The van der Waals surface area contributed by atoms with Crippen molar-refractivity contribution in [1.82, 2.24) is 0 Å². The minimum atomic E-state index is -0.614. The summed E-state index contributed by atoms with van der Waals surface area (Å²) in [6, 6.07) is 6.45. The number of rotatable bonds is 9. The molecule has 1 rings (SSSR count). The van der Waals surface area contributed by atoms with Crippen molar-refractivity contribution in [2.45, 2.75) is 45.4 Å². The first-order chi connectivity index (χ1) is 9.66. The van der Waals surface area contributed by atoms with Gasteiger partial charge < -0.3 is 10.5 Å². The molecule has 0 aliphatic heterocycles. The van der Waals surface area contributed by atoms with Gasteiger partial charge in [0.1, 0.15) is 0 Å². The Kier molecular flexibility index (Phi) is 7.40. The Morgan fingerprint density at radius 2 is 1.60 bits per heavy atom. The van der Waals surface area contributed by atoms with Gasteiger partial charge >= 0.3 is 5.97 Å². The van der Waals surface area contributed by atoms with Crippen LogP contribution in [0.25, 0.3) is 0 Å². The standard InChI is InChI=1S/C16H23NO3/c1-2-3-4-5-6-9-12-20-16(19)14-11-8-7-10-13(14)15(17)18/h7-8,10-11H,2-6,9,12H2,1H3,(H2,17,18). The van der Waals surface area contributed by atoms with Gasteiger partial charge in [-0.3, -0.25) is 4.79 Å². The van der Waals surface area contributed by atoms with E-state index in [0.29, 0.717) is 6.61 Å². The first-order valence-electron chi connectivity index (χ1n) is 7.22. The number of hydrogen-bond acceptors (Lipinski definition) is 3. The van der Waals surface area contributed by atoms with E-state index in [0.717, 1.165) is 12.8 Å². The van der Waals surface area contributed by atoms with Crippen LogP contribution in [0.5, 0.6) is 0 Å². The molecule has 0 aliphatic carbocycles. The predicted molar refractivity (Wildman–Crippen MR) is 78.6 cm³/mol. The molecular weight excluding hydrogens is 254 g/mol. The van der Waals surface area contributed by atoms with E-state index in [-0.39, 0.29) is 11.1 Å². The van der Waals surface area contributed by atoms with E-state index in [4.69, 9.17) is 10.5 Å². The topological polar surface area (TPSA) is 69.4 Å². The second-order valence-corrected chi connectivity index (χ2v) is 4.81. The maximum Gasteiger partial charge on any atom is 0.338 e. The third-order valence-corrected chi connectivity index (χ3v) is 3.14. The minimum absolute atomic E-state index is 0.209. The fourth-order valence-electron chi connectivity index (χ4n) is 2.00. The number of esters is 1. The average molecular weight is 277 g/mol. The highest BCUT2D eigenvalue weighted by Crippen LogP contribution is 2.11. The second kappa shape index (κ2) is 9.13. The van der Waals surface area contributed by atoms with Gasteiger partial charge in [0.15, 0.2) is 0 Å². The van der Waals surface area contributed by atoms with Crippen molar-refractivity contribution in [2.75, 3.05) is 6.61 Å². The summed E-state index contributed by atoms with van der Waals surface area (Å²) in [5.41, 5.74) is 5.68. The van der Waals surface area contributed by atoms with Crippen molar-refractivity contribution in [3.8, 4) is 0 Å². The lowest BCUT2D eigenvalue weighted by Gasteiger charge is -2.07. The summed E-state index contributed by atoms with van der Waals surface area (Å²) in [6.07, 6.45) is 6.79. The van der Waals surface area contributed by atoms with Crippen molar-refractivity contribution in [1.29, 1.82) is 0 Å². The normalized spacial score (nSPS) is 10.2. The van der Waals surface area contributed by atoms with Gasteiger partial charge in [-0.2, -0.15) is 0 Å². The number of hydrogen-bond donors (Lipinski definition) is 1. The summed E-state index contributed by atoms with van der Waals surface area (Å²) in [5, 5.41) is 0. The molecule has 0 heterocycles. The fraction of sp³-hybridized carbons (Fsp3) is 0.500. The molecule has 1 aromatic rings. The number of benzene rings is 1. The number of amides is 1. The number of unbranched alkanes of at least 4 members (excludes halogenated alkanes) is 5. The smallest absolute Gasteiger partial charge is 0.338 e. The maximum atomic E-state index is 11.9. The average Bonchev–Trinajstić information content (AvgIpc) is 2.46. The van der Waals surface area contributed by atoms with Gasteiger partial charge in [0.25, 0.3) is 0 Å². The Morgan fingerprint density at radius 1 is 1.00 bits per heavy atom. The second-order valence-electron chi connectivity index (χ2n) is 4.81. The van der Waals surface area contributed by atoms with Gasteiger partial charge in [0, 0.05) is 0 Å². The van der Waals surface area contributed by atoms with Crippen LogP contribution in [0.3, 0.4) is 0 Å². The molecule has 1 aromatic carbocycles. The molecule has 0 radical (unpaired) electrons. The predicted octanol–water partition coefficient (Wildman–Crippen LogP) is 3.30. The minimum Gasteiger partial charge on any atom is -0.462 e. The van der Waals surface area contributed by atoms with Gasteiger partial charge in [0.2, 0.25) is 5.91 Å². The zero-order valence-corrected chi connectivity index (χ0v) is 12.1. The molecular formula is C16H23NO3. The van der Waals surface area contributed by atoms with Gasteiger partial charge in [-0.05, 0) is 18.6 Å². The van der Waals surface area contributed by atoms with E-state index in [9.17, 15) is 9.59 Å². The highest BCUT2D eigenvalue weighted by atomic mass is 16.5. The summed E-state index contributed by atoms with van der Waals surface area (Å²) in [6.45, 7) is 2.57. The van der Waals surface area contributed by atoms with Crippen LogP contribution in [-0.2, 0) is 4.74 Å². The van der Waals surface area contributed by atoms with E-state index in [1.54, 1.807) is 18.2 Å². The number of primary amides is 1. The van der Waals surface area contributed by atoms with Gasteiger partial charge in [-0.1, -0.05) is 51.2 Å². The molecule has 0 saturated carbocycles. The van der Waals surface area contributed by atoms with Crippen LogP contribution < -0.4 is 5.73 Å². The van der Waals surface area contributed by atoms with Gasteiger partial charge in [-0.15, -0.1) is 0 Å². The van der Waals surface area contributed by atoms with E-state index in [2.05, 4.69) is 6.92 Å². The van der Waals surface area contributed by atoms with E-state index < -0.39 is 11.9 Å². The summed E-state index contributed by atoms with van der Waals surface area (Å²) >= 11 is 0. The zero-order chi connectivity index (χ0) is 14.8. The van der Waals surface area contributed by atoms with Crippen LogP contribution in [0.4, 0.5) is 0 Å². The molecule has 0 bridgehead atoms. The summed E-state index contributed by atoms with van der Waals surface area (Å²) in [7, 11) is 0. The Labute approximate surface area is 120 Å². The molecule has 4 heteroatoms. The first kappa shape index (κ1) is 16.2. The Hall–Kier alpha value is -1.84. The van der Waals surface area contributed by atoms with Crippen molar-refractivity contribution >= 4 is 11.9 Å². The largest absolute Gasteiger partial charge is 0.462 e. The van der Waals surface area contributed by atoms with Crippen molar-refractivity contribution < 1.29 is 14.3 Å². The third kappa shape index (κ3) is 5.43. The summed E-state index contributed by atoms with van der Waals surface area (Å²) in [5.74, 6) is -1.09. The Morgan fingerprint density at radius 3 is 2.25 bits per heavy atom. The van der Waals surface area contributed by atoms with Crippen LogP contribution in [0, 0.1) is 0 Å². The first-order valence-corrected chi connectivity index (χ1v) is 7.22. The lowest BCUT2D eigenvalue weighted by Crippen LogP contribution is -2.17. The van der Waals surface area contributed by atoms with Crippen molar-refractivity contribution in [2.24, 2.45) is 5.73 Å². The van der Waals surface area contributed by atoms with E-state index >= 15 is 0 Å². The fourth-order valence-corrected chi connectivity index (χ4v) is 2.00. The highest BCUT2D eigenvalue weighted by molar-refractivity contribution is 6.04. The third-order valence-electron chi connectivity index (χ3n) is 3.14. The number of carbonyl (C=O) groups is 2. The lowest BCUT2D eigenvalue weighted by molar-refractivity contribution is 0.0494. The molecule has 0 aromatic heterocycles. The van der Waals surface area contributed by atoms with Crippen molar-refractivity contribution in [3.63, 3.8) is 0 Å². The lowest BCUT2D eigenvalue weighted by atomic mass is 10.1. The molecule has 0 fully saturated rings. The molecule has 0 spiro atoms. The molecule has 0 aliphatic rings. The van der Waals surface area contributed by atoms with Crippen LogP contribution in [0.15, 0.2) is 24.3 Å².